The number of alkyl halides is 3. The highest BCUT2D eigenvalue weighted by Crippen LogP contribution is 2.31. The Bertz CT molecular complexity index is 1060. The Labute approximate surface area is 175 Å². The molecule has 9 nitrogen and oxygen atoms in total. The summed E-state index contributed by atoms with van der Waals surface area (Å²) in [6, 6.07) is 0. The summed E-state index contributed by atoms with van der Waals surface area (Å²) >= 11 is 0. The van der Waals surface area contributed by atoms with Crippen molar-refractivity contribution < 1.29 is 27.8 Å². The van der Waals surface area contributed by atoms with Crippen molar-refractivity contribution in [3.05, 3.63) is 40.1 Å². The minimum atomic E-state index is -4.82. The number of fused-ring (bicyclic) bond motifs is 1. The van der Waals surface area contributed by atoms with E-state index in [1.54, 1.807) is 6.92 Å². The second kappa shape index (κ2) is 9.02. The number of hydrogen-bond donors (Lipinski definition) is 2. The molecule has 1 amide bonds. The molecule has 1 aliphatic heterocycles. The normalized spacial score (nSPS) is 15.2. The number of halogens is 3. The number of nitrogens with zero attached hydrogens (tertiary/aromatic N) is 4. The molecule has 2 aromatic rings. The van der Waals surface area contributed by atoms with Gasteiger partial charge in [-0.25, -0.2) is 9.97 Å². The van der Waals surface area contributed by atoms with Crippen LogP contribution < -0.4 is 10.9 Å². The van der Waals surface area contributed by atoms with Crippen LogP contribution in [-0.4, -0.2) is 63.3 Å². The van der Waals surface area contributed by atoms with E-state index in [1.165, 1.54) is 0 Å². The summed E-state index contributed by atoms with van der Waals surface area (Å²) < 4.78 is 45.7. The number of nitrogens with one attached hydrogen (secondary N) is 1. The largest absolute Gasteiger partial charge is 0.505 e. The van der Waals surface area contributed by atoms with Gasteiger partial charge in [-0.1, -0.05) is 13.5 Å². The number of ether oxygens (including phenoxy) is 1. The number of aromatic hydroxyl groups is 1. The van der Waals surface area contributed by atoms with Gasteiger partial charge < -0.3 is 15.2 Å². The Morgan fingerprint density at radius 3 is 2.61 bits per heavy atom. The fraction of sp³-hybridized carbons (Fsp3) is 0.474. The number of allylic oxidation sites excluding steroid dienone is 1. The molecule has 0 spiro atoms. The maximum atomic E-state index is 13.1. The van der Waals surface area contributed by atoms with Crippen LogP contribution in [0, 0.1) is 0 Å². The van der Waals surface area contributed by atoms with E-state index in [-0.39, 0.29) is 17.9 Å². The summed E-state index contributed by atoms with van der Waals surface area (Å²) in [6.45, 7) is 8.01. The Morgan fingerprint density at radius 2 is 2.00 bits per heavy atom. The molecule has 3 rings (SSSR count). The third-order valence-electron chi connectivity index (χ3n) is 4.91. The first-order valence-corrected chi connectivity index (χ1v) is 9.62. The van der Waals surface area contributed by atoms with Gasteiger partial charge in [-0.2, -0.15) is 13.2 Å². The minimum absolute atomic E-state index is 0.0324. The van der Waals surface area contributed by atoms with Crippen LogP contribution in [0.15, 0.2) is 23.3 Å². The van der Waals surface area contributed by atoms with Crippen molar-refractivity contribution in [2.45, 2.75) is 26.1 Å². The van der Waals surface area contributed by atoms with Gasteiger partial charge in [-0.3, -0.25) is 19.1 Å². The third-order valence-corrected chi connectivity index (χ3v) is 4.91. The average molecular weight is 441 g/mol. The summed E-state index contributed by atoms with van der Waals surface area (Å²) in [7, 11) is 0. The monoisotopic (exact) mass is 441 g/mol. The van der Waals surface area contributed by atoms with Gasteiger partial charge >= 0.3 is 6.18 Å². The lowest BCUT2D eigenvalue weighted by Crippen LogP contribution is -2.40. The lowest BCUT2D eigenvalue weighted by molar-refractivity contribution is -0.141. The topological polar surface area (TPSA) is 110 Å². The van der Waals surface area contributed by atoms with Crippen molar-refractivity contribution in [2.75, 3.05) is 32.8 Å². The molecule has 0 unspecified atom stereocenters. The zero-order valence-electron chi connectivity index (χ0n) is 16.8. The Hall–Kier alpha value is -2.99. The number of carbonyl (C=O) groups is 1. The van der Waals surface area contributed by atoms with Crippen LogP contribution in [0.1, 0.15) is 29.4 Å². The van der Waals surface area contributed by atoms with Crippen LogP contribution >= 0.6 is 0 Å². The first-order chi connectivity index (χ1) is 14.6. The highest BCUT2D eigenvalue weighted by molar-refractivity contribution is 6.01. The van der Waals surface area contributed by atoms with E-state index in [9.17, 15) is 27.9 Å². The number of pyridine rings is 1. The average Bonchev–Trinajstić information content (AvgIpc) is 2.73. The number of aromatic nitrogens is 3. The lowest BCUT2D eigenvalue weighted by Gasteiger charge is -2.27. The zero-order valence-corrected chi connectivity index (χ0v) is 16.8. The molecule has 0 aromatic carbocycles. The van der Waals surface area contributed by atoms with Gasteiger partial charge in [0.25, 0.3) is 11.5 Å². The number of carbonyl (C=O) groups excluding carboxylic acids is 1. The molecule has 2 aromatic heterocycles. The molecule has 1 fully saturated rings. The molecule has 1 saturated heterocycles. The van der Waals surface area contributed by atoms with Gasteiger partial charge in [-0.05, 0) is 6.42 Å². The predicted octanol–water partition coefficient (Wildman–Crippen LogP) is 1.50. The van der Waals surface area contributed by atoms with Crippen molar-refractivity contribution in [3.8, 4) is 5.75 Å². The molecule has 0 atom stereocenters. The predicted molar refractivity (Wildman–Crippen MR) is 105 cm³/mol. The molecule has 0 aliphatic carbocycles. The van der Waals surface area contributed by atoms with Crippen LogP contribution in [-0.2, 0) is 17.5 Å². The van der Waals surface area contributed by atoms with Crippen LogP contribution in [0.25, 0.3) is 11.2 Å². The van der Waals surface area contributed by atoms with E-state index >= 15 is 0 Å². The summed E-state index contributed by atoms with van der Waals surface area (Å²) in [6.07, 6.45) is -3.96. The van der Waals surface area contributed by atoms with Crippen molar-refractivity contribution in [3.63, 3.8) is 0 Å². The standard InChI is InChI=1S/C19H22F3N5O4/c1-3-11(2)24-17(29)13-15(28)14-16(23-10-12(25-14)19(20,21)22)27(18(13)30)5-4-26-6-8-31-9-7-26/h10,28H,2-9H2,1H3,(H,24,29). The highest BCUT2D eigenvalue weighted by Gasteiger charge is 2.34. The van der Waals surface area contributed by atoms with E-state index in [0.717, 1.165) is 4.57 Å². The van der Waals surface area contributed by atoms with E-state index in [0.29, 0.717) is 45.5 Å². The maximum absolute atomic E-state index is 13.1. The molecule has 0 bridgehead atoms. The Balaban J connectivity index is 2.13. The van der Waals surface area contributed by atoms with E-state index in [1.807, 2.05) is 4.90 Å². The molecule has 12 heteroatoms. The van der Waals surface area contributed by atoms with E-state index in [4.69, 9.17) is 4.74 Å². The van der Waals surface area contributed by atoms with Crippen molar-refractivity contribution in [1.82, 2.24) is 24.8 Å². The van der Waals surface area contributed by atoms with Gasteiger partial charge in [0, 0.05) is 31.9 Å². The molecule has 31 heavy (non-hydrogen) atoms. The van der Waals surface area contributed by atoms with E-state index < -0.39 is 40.2 Å². The van der Waals surface area contributed by atoms with Gasteiger partial charge in [0.1, 0.15) is 11.1 Å². The van der Waals surface area contributed by atoms with Crippen LogP contribution in [0.3, 0.4) is 0 Å². The third kappa shape index (κ3) is 4.85. The first-order valence-electron chi connectivity index (χ1n) is 9.62. The molecule has 2 N–H and O–H groups in total. The van der Waals surface area contributed by atoms with Crippen LogP contribution in [0.4, 0.5) is 13.2 Å². The summed E-state index contributed by atoms with van der Waals surface area (Å²) in [4.78, 5) is 34.8. The quantitative estimate of drug-likeness (QED) is 0.699. The second-order valence-electron chi connectivity index (χ2n) is 6.97. The maximum Gasteiger partial charge on any atom is 0.434 e. The number of hydrogen-bond acceptors (Lipinski definition) is 7. The summed E-state index contributed by atoms with van der Waals surface area (Å²) in [5.41, 5.74) is -3.48. The van der Waals surface area contributed by atoms with Crippen molar-refractivity contribution in [1.29, 1.82) is 0 Å². The highest BCUT2D eigenvalue weighted by atomic mass is 19.4. The van der Waals surface area contributed by atoms with Crippen LogP contribution in [0.2, 0.25) is 0 Å². The number of amides is 1. The van der Waals surface area contributed by atoms with Crippen LogP contribution in [0.5, 0.6) is 5.75 Å². The van der Waals surface area contributed by atoms with Gasteiger partial charge in [0.05, 0.1) is 19.4 Å². The zero-order chi connectivity index (χ0) is 22.8. The molecule has 1 aliphatic rings. The molecule has 0 radical (unpaired) electrons. The molecule has 3 heterocycles. The fourth-order valence-corrected chi connectivity index (χ4v) is 3.12. The molecular weight excluding hydrogens is 419 g/mol. The number of rotatable bonds is 6. The number of morpholine rings is 1. The Morgan fingerprint density at radius 1 is 1.32 bits per heavy atom. The summed E-state index contributed by atoms with van der Waals surface area (Å²) in [5.74, 6) is -1.93. The molecule has 0 saturated carbocycles. The second-order valence-corrected chi connectivity index (χ2v) is 6.97. The van der Waals surface area contributed by atoms with Crippen molar-refractivity contribution in [2.24, 2.45) is 0 Å². The van der Waals surface area contributed by atoms with Gasteiger partial charge in [0.15, 0.2) is 17.1 Å². The lowest BCUT2D eigenvalue weighted by atomic mass is 10.2. The van der Waals surface area contributed by atoms with Crippen molar-refractivity contribution >= 4 is 17.1 Å². The minimum Gasteiger partial charge on any atom is -0.505 e. The molecule has 168 valence electrons. The smallest absolute Gasteiger partial charge is 0.434 e. The molecular formula is C19H22F3N5O4. The van der Waals surface area contributed by atoms with Gasteiger partial charge in [0.2, 0.25) is 0 Å². The van der Waals surface area contributed by atoms with E-state index in [2.05, 4.69) is 21.9 Å². The fourth-order valence-electron chi connectivity index (χ4n) is 3.12. The SMILES string of the molecule is C=C(CC)NC(=O)c1c(O)c2nc(C(F)(F)F)cnc2n(CCN2CCOCC2)c1=O. The van der Waals surface area contributed by atoms with Gasteiger partial charge in [-0.15, -0.1) is 0 Å². The first kappa shape index (κ1) is 22.7. The summed E-state index contributed by atoms with van der Waals surface area (Å²) in [5, 5.41) is 12.9. The Kier molecular flexibility index (Phi) is 6.60.